The summed E-state index contributed by atoms with van der Waals surface area (Å²) >= 11 is 2.18. The highest BCUT2D eigenvalue weighted by Crippen LogP contribution is 2.13. The lowest BCUT2D eigenvalue weighted by Gasteiger charge is -2.06. The van der Waals surface area contributed by atoms with Gasteiger partial charge in [-0.15, -0.1) is 0 Å². The number of aromatic nitrogens is 3. The quantitative estimate of drug-likeness (QED) is 0.700. The van der Waals surface area contributed by atoms with E-state index in [1.54, 1.807) is 29.4 Å². The average Bonchev–Trinajstić information content (AvgIpc) is 3.02. The van der Waals surface area contributed by atoms with Crippen molar-refractivity contribution >= 4 is 34.2 Å². The molecule has 3 aromatic rings. The fraction of sp³-hybridized carbons (Fsp3) is 0. The Morgan fingerprint density at radius 1 is 1.24 bits per heavy atom. The zero-order valence-corrected chi connectivity index (χ0v) is 13.1. The average molecular weight is 390 g/mol. The van der Waals surface area contributed by atoms with Gasteiger partial charge in [0.05, 0.1) is 11.9 Å². The Hall–Kier alpha value is -2.22. The molecule has 5 nitrogen and oxygen atoms in total. The van der Waals surface area contributed by atoms with Crippen molar-refractivity contribution in [1.82, 2.24) is 14.5 Å². The number of halogens is 1. The summed E-state index contributed by atoms with van der Waals surface area (Å²) in [4.78, 5) is 20.4. The van der Waals surface area contributed by atoms with Crippen LogP contribution in [0.25, 0.3) is 5.82 Å². The number of amides is 1. The number of hydrogen-bond donors (Lipinski definition) is 1. The molecule has 0 aliphatic carbocycles. The van der Waals surface area contributed by atoms with E-state index in [4.69, 9.17) is 0 Å². The minimum atomic E-state index is -0.148. The molecule has 21 heavy (non-hydrogen) atoms. The van der Waals surface area contributed by atoms with Gasteiger partial charge >= 0.3 is 0 Å². The summed E-state index contributed by atoms with van der Waals surface area (Å²) in [6.07, 6.45) is 6.80. The monoisotopic (exact) mass is 390 g/mol. The van der Waals surface area contributed by atoms with Crippen LogP contribution in [0.15, 0.2) is 61.3 Å². The van der Waals surface area contributed by atoms with Crippen molar-refractivity contribution in [2.75, 3.05) is 5.32 Å². The Bertz CT molecular complexity index is 754. The molecule has 0 unspecified atom stereocenters. The Labute approximate surface area is 135 Å². The van der Waals surface area contributed by atoms with Crippen molar-refractivity contribution in [1.29, 1.82) is 0 Å². The highest BCUT2D eigenvalue weighted by Gasteiger charge is 2.06. The SMILES string of the molecule is O=C(Nc1ccc(-n2ccnc2)nc1)c1cccc(I)c1. The molecule has 6 heteroatoms. The van der Waals surface area contributed by atoms with Crippen molar-refractivity contribution in [3.63, 3.8) is 0 Å². The molecule has 0 aliphatic heterocycles. The third-order valence-electron chi connectivity index (χ3n) is 2.86. The molecule has 1 amide bonds. The normalized spacial score (nSPS) is 10.3. The molecule has 0 spiro atoms. The lowest BCUT2D eigenvalue weighted by atomic mass is 10.2. The topological polar surface area (TPSA) is 59.8 Å². The second kappa shape index (κ2) is 6.04. The summed E-state index contributed by atoms with van der Waals surface area (Å²) in [5, 5.41) is 2.83. The number of anilines is 1. The Balaban J connectivity index is 1.75. The van der Waals surface area contributed by atoms with Gasteiger partial charge in [0, 0.05) is 21.5 Å². The van der Waals surface area contributed by atoms with Gasteiger partial charge in [-0.3, -0.25) is 9.36 Å². The Morgan fingerprint density at radius 2 is 2.14 bits per heavy atom. The van der Waals surface area contributed by atoms with Gasteiger partial charge in [0.2, 0.25) is 0 Å². The summed E-state index contributed by atoms with van der Waals surface area (Å²) in [5.41, 5.74) is 1.28. The largest absolute Gasteiger partial charge is 0.321 e. The number of pyridine rings is 1. The first kappa shape index (κ1) is 13.7. The molecule has 0 saturated carbocycles. The van der Waals surface area contributed by atoms with Crippen LogP contribution >= 0.6 is 22.6 Å². The van der Waals surface area contributed by atoms with Crippen LogP contribution in [0.5, 0.6) is 0 Å². The van der Waals surface area contributed by atoms with Crippen LogP contribution in [0, 0.1) is 3.57 Å². The maximum absolute atomic E-state index is 12.1. The maximum atomic E-state index is 12.1. The zero-order chi connectivity index (χ0) is 14.7. The smallest absolute Gasteiger partial charge is 0.255 e. The van der Waals surface area contributed by atoms with Crippen molar-refractivity contribution in [3.8, 4) is 5.82 Å². The fourth-order valence-corrected chi connectivity index (χ4v) is 2.38. The standard InChI is InChI=1S/C15H11IN4O/c16-12-3-1-2-11(8-12)15(21)19-13-4-5-14(18-9-13)20-7-6-17-10-20/h1-10H,(H,19,21). The van der Waals surface area contributed by atoms with E-state index < -0.39 is 0 Å². The second-order valence-electron chi connectivity index (χ2n) is 4.34. The van der Waals surface area contributed by atoms with Crippen LogP contribution in [-0.4, -0.2) is 20.4 Å². The highest BCUT2D eigenvalue weighted by molar-refractivity contribution is 14.1. The van der Waals surface area contributed by atoms with E-state index in [1.807, 2.05) is 36.5 Å². The summed E-state index contributed by atoms with van der Waals surface area (Å²) in [6.45, 7) is 0. The molecule has 0 saturated heterocycles. The van der Waals surface area contributed by atoms with Crippen LogP contribution in [0.4, 0.5) is 5.69 Å². The third kappa shape index (κ3) is 3.27. The number of benzene rings is 1. The van der Waals surface area contributed by atoms with Gasteiger partial charge in [0.25, 0.3) is 5.91 Å². The van der Waals surface area contributed by atoms with E-state index in [1.165, 1.54) is 0 Å². The molecule has 1 aromatic carbocycles. The van der Waals surface area contributed by atoms with Gasteiger partial charge in [0.1, 0.15) is 12.1 Å². The maximum Gasteiger partial charge on any atom is 0.255 e. The molecule has 1 N–H and O–H groups in total. The van der Waals surface area contributed by atoms with Crippen LogP contribution < -0.4 is 5.32 Å². The van der Waals surface area contributed by atoms with Crippen LogP contribution in [0.2, 0.25) is 0 Å². The number of nitrogens with zero attached hydrogens (tertiary/aromatic N) is 3. The molecule has 2 aromatic heterocycles. The molecule has 104 valence electrons. The minimum Gasteiger partial charge on any atom is -0.321 e. The molecule has 0 fully saturated rings. The molecule has 0 atom stereocenters. The summed E-state index contributed by atoms with van der Waals surface area (Å²) < 4.78 is 2.82. The van der Waals surface area contributed by atoms with E-state index in [0.29, 0.717) is 11.3 Å². The predicted molar refractivity (Wildman–Crippen MR) is 88.5 cm³/mol. The summed E-state index contributed by atoms with van der Waals surface area (Å²) in [7, 11) is 0. The van der Waals surface area contributed by atoms with E-state index in [9.17, 15) is 4.79 Å². The van der Waals surface area contributed by atoms with E-state index in [0.717, 1.165) is 9.39 Å². The van der Waals surface area contributed by atoms with Gasteiger partial charge in [-0.1, -0.05) is 6.07 Å². The molecule has 3 rings (SSSR count). The number of imidazole rings is 1. The number of rotatable bonds is 3. The highest BCUT2D eigenvalue weighted by atomic mass is 127. The Morgan fingerprint density at radius 3 is 2.81 bits per heavy atom. The van der Waals surface area contributed by atoms with Gasteiger partial charge in [-0.25, -0.2) is 9.97 Å². The predicted octanol–water partition coefficient (Wildman–Crippen LogP) is 3.12. The molecule has 0 aliphatic rings. The van der Waals surface area contributed by atoms with Crippen molar-refractivity contribution in [2.24, 2.45) is 0 Å². The molecule has 0 bridgehead atoms. The van der Waals surface area contributed by atoms with Crippen molar-refractivity contribution in [3.05, 3.63) is 70.4 Å². The lowest BCUT2D eigenvalue weighted by molar-refractivity contribution is 0.102. The van der Waals surface area contributed by atoms with Gasteiger partial charge in [-0.05, 0) is 52.9 Å². The molecular formula is C15H11IN4O. The first-order chi connectivity index (χ1) is 10.2. The first-order valence-electron chi connectivity index (χ1n) is 6.24. The number of carbonyl (C=O) groups is 1. The number of hydrogen-bond acceptors (Lipinski definition) is 3. The minimum absolute atomic E-state index is 0.148. The zero-order valence-electron chi connectivity index (χ0n) is 10.9. The van der Waals surface area contributed by atoms with Crippen molar-refractivity contribution in [2.45, 2.75) is 0 Å². The van der Waals surface area contributed by atoms with Gasteiger partial charge in [0.15, 0.2) is 0 Å². The summed E-state index contributed by atoms with van der Waals surface area (Å²) in [6, 6.07) is 11.1. The molecule has 0 radical (unpaired) electrons. The van der Waals surface area contributed by atoms with Crippen LogP contribution in [0.1, 0.15) is 10.4 Å². The van der Waals surface area contributed by atoms with Crippen molar-refractivity contribution < 1.29 is 4.79 Å². The number of nitrogens with one attached hydrogen (secondary N) is 1. The van der Waals surface area contributed by atoms with Crippen LogP contribution in [0.3, 0.4) is 0 Å². The van der Waals surface area contributed by atoms with Crippen LogP contribution in [-0.2, 0) is 0 Å². The van der Waals surface area contributed by atoms with E-state index >= 15 is 0 Å². The lowest BCUT2D eigenvalue weighted by Crippen LogP contribution is -2.12. The summed E-state index contributed by atoms with van der Waals surface area (Å²) in [5.74, 6) is 0.602. The van der Waals surface area contributed by atoms with E-state index in [-0.39, 0.29) is 5.91 Å². The van der Waals surface area contributed by atoms with Gasteiger partial charge in [-0.2, -0.15) is 0 Å². The molecule has 2 heterocycles. The molecular weight excluding hydrogens is 379 g/mol. The van der Waals surface area contributed by atoms with E-state index in [2.05, 4.69) is 37.9 Å². The first-order valence-corrected chi connectivity index (χ1v) is 7.31. The van der Waals surface area contributed by atoms with Gasteiger partial charge < -0.3 is 5.32 Å². The Kier molecular flexibility index (Phi) is 3.96. The fourth-order valence-electron chi connectivity index (χ4n) is 1.84. The number of carbonyl (C=O) groups excluding carboxylic acids is 1. The second-order valence-corrected chi connectivity index (χ2v) is 5.59. The third-order valence-corrected chi connectivity index (χ3v) is 3.53.